The highest BCUT2D eigenvalue weighted by molar-refractivity contribution is 7.86. The molecule has 0 fully saturated rings. The van der Waals surface area contributed by atoms with Gasteiger partial charge < -0.3 is 4.57 Å². The summed E-state index contributed by atoms with van der Waals surface area (Å²) in [7, 11) is -2.94. The summed E-state index contributed by atoms with van der Waals surface area (Å²) in [4.78, 5) is 0. The number of hydrogen-bond acceptors (Lipinski definition) is 1. The Labute approximate surface area is 212 Å². The van der Waals surface area contributed by atoms with Gasteiger partial charge >= 0.3 is 0 Å². The Morgan fingerprint density at radius 3 is 1.25 bits per heavy atom. The molecule has 0 atom stereocenters. The minimum Gasteiger partial charge on any atom is -0.309 e. The average molecular weight is 481 g/mol. The van der Waals surface area contributed by atoms with Crippen molar-refractivity contribution >= 4 is 47.4 Å². The standard InChI is InChI=1S/C34H25OP/c35-36(30-14-8-3-9-15-30)33-22-20-28(18-16-26-10-4-1-5-11-26)24-31(33)32-25-29(21-23-34(32)36)19-17-27-12-6-2-7-13-27/h1-25H/b18-16+,19-17+. The molecule has 0 saturated carbocycles. The first kappa shape index (κ1) is 22.3. The van der Waals surface area contributed by atoms with Crippen molar-refractivity contribution in [2.75, 3.05) is 0 Å². The molecule has 6 rings (SSSR count). The van der Waals surface area contributed by atoms with Gasteiger partial charge in [-0.3, -0.25) is 0 Å². The van der Waals surface area contributed by atoms with Gasteiger partial charge in [-0.15, -0.1) is 0 Å². The molecule has 1 aliphatic heterocycles. The van der Waals surface area contributed by atoms with Gasteiger partial charge in [0.25, 0.3) is 0 Å². The van der Waals surface area contributed by atoms with E-state index in [0.29, 0.717) is 0 Å². The Morgan fingerprint density at radius 2 is 0.806 bits per heavy atom. The van der Waals surface area contributed by atoms with Crippen LogP contribution in [0, 0.1) is 0 Å². The van der Waals surface area contributed by atoms with Gasteiger partial charge in [0.15, 0.2) is 7.14 Å². The van der Waals surface area contributed by atoms with E-state index in [-0.39, 0.29) is 0 Å². The molecule has 1 heterocycles. The molecule has 172 valence electrons. The molecular formula is C34H25OP. The molecule has 0 N–H and O–H groups in total. The Balaban J connectivity index is 1.47. The zero-order valence-corrected chi connectivity index (χ0v) is 20.7. The summed E-state index contributed by atoms with van der Waals surface area (Å²) in [6.45, 7) is 0. The third-order valence-electron chi connectivity index (χ3n) is 6.67. The fourth-order valence-corrected chi connectivity index (χ4v) is 7.88. The quantitative estimate of drug-likeness (QED) is 0.183. The molecule has 5 aromatic rings. The monoisotopic (exact) mass is 480 g/mol. The normalized spacial score (nSPS) is 13.7. The van der Waals surface area contributed by atoms with Crippen LogP contribution in [-0.2, 0) is 4.57 Å². The van der Waals surface area contributed by atoms with Gasteiger partial charge in [0.05, 0.1) is 0 Å². The van der Waals surface area contributed by atoms with Crippen molar-refractivity contribution in [2.45, 2.75) is 0 Å². The van der Waals surface area contributed by atoms with Gasteiger partial charge in [0.2, 0.25) is 0 Å². The van der Waals surface area contributed by atoms with Crippen LogP contribution in [0.2, 0.25) is 0 Å². The van der Waals surface area contributed by atoms with Crippen molar-refractivity contribution in [2.24, 2.45) is 0 Å². The van der Waals surface area contributed by atoms with Crippen LogP contribution in [-0.4, -0.2) is 0 Å². The molecule has 1 aliphatic rings. The Bertz CT molecular complexity index is 1530. The molecule has 36 heavy (non-hydrogen) atoms. The van der Waals surface area contributed by atoms with Gasteiger partial charge in [0.1, 0.15) is 0 Å². The van der Waals surface area contributed by atoms with Crippen LogP contribution in [0.25, 0.3) is 35.4 Å². The van der Waals surface area contributed by atoms with E-state index in [0.717, 1.165) is 49.3 Å². The predicted molar refractivity (Wildman–Crippen MR) is 156 cm³/mol. The van der Waals surface area contributed by atoms with E-state index in [1.54, 1.807) is 0 Å². The molecule has 0 radical (unpaired) electrons. The summed E-state index contributed by atoms with van der Waals surface area (Å²) in [6.07, 6.45) is 8.49. The van der Waals surface area contributed by atoms with E-state index in [9.17, 15) is 4.57 Å². The molecule has 0 saturated heterocycles. The zero-order valence-electron chi connectivity index (χ0n) is 19.8. The van der Waals surface area contributed by atoms with E-state index in [1.807, 2.05) is 66.7 Å². The SMILES string of the molecule is O=P1(c2ccccc2)c2ccc(/C=C/c3ccccc3)cc2-c2cc(/C=C/c3ccccc3)ccc21. The van der Waals surface area contributed by atoms with Crippen molar-refractivity contribution < 1.29 is 4.57 Å². The largest absolute Gasteiger partial charge is 0.309 e. The number of fused-ring (bicyclic) bond motifs is 3. The lowest BCUT2D eigenvalue weighted by molar-refractivity contribution is 0.593. The van der Waals surface area contributed by atoms with Crippen LogP contribution in [0.4, 0.5) is 0 Å². The van der Waals surface area contributed by atoms with E-state index in [4.69, 9.17) is 0 Å². The second-order valence-electron chi connectivity index (χ2n) is 8.99. The van der Waals surface area contributed by atoms with Crippen LogP contribution >= 0.6 is 7.14 Å². The lowest BCUT2D eigenvalue weighted by Gasteiger charge is -2.15. The van der Waals surface area contributed by atoms with Crippen molar-refractivity contribution in [3.63, 3.8) is 0 Å². The Hall–Kier alpha value is -4.19. The summed E-state index contributed by atoms with van der Waals surface area (Å²) in [5.74, 6) is 0. The van der Waals surface area contributed by atoms with Gasteiger partial charge in [0, 0.05) is 15.9 Å². The zero-order chi connectivity index (χ0) is 24.4. The topological polar surface area (TPSA) is 17.1 Å². The highest BCUT2D eigenvalue weighted by atomic mass is 31.2. The second kappa shape index (κ2) is 9.46. The molecule has 5 aromatic carbocycles. The number of benzene rings is 5. The van der Waals surface area contributed by atoms with Crippen molar-refractivity contribution in [3.8, 4) is 11.1 Å². The summed E-state index contributed by atoms with van der Waals surface area (Å²) >= 11 is 0. The predicted octanol–water partition coefficient (Wildman–Crippen LogP) is 7.65. The Morgan fingerprint density at radius 1 is 0.417 bits per heavy atom. The second-order valence-corrected chi connectivity index (χ2v) is 11.7. The smallest absolute Gasteiger partial charge is 0.172 e. The average Bonchev–Trinajstić information content (AvgIpc) is 3.20. The maximum Gasteiger partial charge on any atom is 0.172 e. The molecule has 0 aromatic heterocycles. The molecule has 0 bridgehead atoms. The first-order valence-electron chi connectivity index (χ1n) is 12.1. The third kappa shape index (κ3) is 4.09. The molecule has 0 spiro atoms. The lowest BCUT2D eigenvalue weighted by atomic mass is 10.00. The molecular weight excluding hydrogens is 455 g/mol. The third-order valence-corrected chi connectivity index (χ3v) is 9.83. The molecule has 0 amide bonds. The molecule has 0 unspecified atom stereocenters. The fourth-order valence-electron chi connectivity index (χ4n) is 4.85. The summed E-state index contributed by atoms with van der Waals surface area (Å²) < 4.78 is 14.8. The van der Waals surface area contributed by atoms with Crippen molar-refractivity contribution in [3.05, 3.63) is 150 Å². The minimum atomic E-state index is -2.94. The number of rotatable bonds is 5. The highest BCUT2D eigenvalue weighted by Gasteiger charge is 2.40. The summed E-state index contributed by atoms with van der Waals surface area (Å²) in [5, 5.41) is 2.72. The van der Waals surface area contributed by atoms with Crippen molar-refractivity contribution in [1.82, 2.24) is 0 Å². The maximum atomic E-state index is 14.8. The van der Waals surface area contributed by atoms with Gasteiger partial charge in [-0.05, 0) is 57.6 Å². The van der Waals surface area contributed by atoms with Crippen molar-refractivity contribution in [1.29, 1.82) is 0 Å². The van der Waals surface area contributed by atoms with Crippen LogP contribution in [0.15, 0.2) is 127 Å². The molecule has 1 nitrogen and oxygen atoms in total. The van der Waals surface area contributed by atoms with E-state index < -0.39 is 7.14 Å². The molecule has 0 aliphatic carbocycles. The van der Waals surface area contributed by atoms with Crippen LogP contribution in [0.1, 0.15) is 22.3 Å². The lowest BCUT2D eigenvalue weighted by Crippen LogP contribution is -2.20. The maximum absolute atomic E-state index is 14.8. The van der Waals surface area contributed by atoms with E-state index in [1.165, 1.54) is 0 Å². The van der Waals surface area contributed by atoms with Gasteiger partial charge in [-0.25, -0.2) is 0 Å². The fraction of sp³-hybridized carbons (Fsp3) is 0. The first-order valence-corrected chi connectivity index (χ1v) is 13.8. The number of hydrogen-bond donors (Lipinski definition) is 0. The van der Waals surface area contributed by atoms with Crippen LogP contribution in [0.3, 0.4) is 0 Å². The highest BCUT2D eigenvalue weighted by Crippen LogP contribution is 2.52. The van der Waals surface area contributed by atoms with Gasteiger partial charge in [-0.1, -0.05) is 127 Å². The summed E-state index contributed by atoms with van der Waals surface area (Å²) in [5.41, 5.74) is 6.61. The van der Waals surface area contributed by atoms with E-state index in [2.05, 4.69) is 85.0 Å². The van der Waals surface area contributed by atoms with E-state index >= 15 is 0 Å². The first-order chi connectivity index (χ1) is 17.7. The Kier molecular flexibility index (Phi) is 5.85. The van der Waals surface area contributed by atoms with Gasteiger partial charge in [-0.2, -0.15) is 0 Å². The van der Waals surface area contributed by atoms with Crippen LogP contribution in [0.5, 0.6) is 0 Å². The molecule has 2 heteroatoms. The summed E-state index contributed by atoms with van der Waals surface area (Å²) in [6, 6.07) is 43.1. The minimum absolute atomic E-state index is 0.880. The van der Waals surface area contributed by atoms with Crippen LogP contribution < -0.4 is 15.9 Å².